The lowest BCUT2D eigenvalue weighted by atomic mass is 9.82. The van der Waals surface area contributed by atoms with Crippen molar-refractivity contribution in [2.24, 2.45) is 0 Å². The van der Waals surface area contributed by atoms with E-state index in [1.54, 1.807) is 6.07 Å². The van der Waals surface area contributed by atoms with Crippen LogP contribution >= 0.6 is 31.9 Å². The molecule has 0 saturated carbocycles. The molecule has 0 aliphatic carbocycles. The molecular weight excluding hydrogens is 311 g/mol. The van der Waals surface area contributed by atoms with Gasteiger partial charge in [-0.05, 0) is 18.1 Å². The van der Waals surface area contributed by atoms with Gasteiger partial charge in [-0.15, -0.1) is 0 Å². The fraction of sp³-hybridized carbons (Fsp3) is 0.455. The number of alkyl halides is 2. The summed E-state index contributed by atoms with van der Waals surface area (Å²) in [5, 5.41) is 1.53. The highest BCUT2D eigenvalue weighted by molar-refractivity contribution is 9.09. The van der Waals surface area contributed by atoms with E-state index in [2.05, 4.69) is 38.8 Å². The van der Waals surface area contributed by atoms with Crippen LogP contribution in [0, 0.1) is 5.82 Å². The molecule has 0 heterocycles. The Morgan fingerprint density at radius 1 is 1.21 bits per heavy atom. The van der Waals surface area contributed by atoms with Crippen LogP contribution in [-0.4, -0.2) is 10.7 Å². The molecular formula is C11H13Br2F. The van der Waals surface area contributed by atoms with Gasteiger partial charge < -0.3 is 0 Å². The van der Waals surface area contributed by atoms with E-state index in [-0.39, 0.29) is 11.2 Å². The van der Waals surface area contributed by atoms with Crippen LogP contribution in [0.25, 0.3) is 0 Å². The highest BCUT2D eigenvalue weighted by atomic mass is 79.9. The monoisotopic (exact) mass is 322 g/mol. The Labute approximate surface area is 101 Å². The van der Waals surface area contributed by atoms with Crippen LogP contribution in [0.5, 0.6) is 0 Å². The van der Waals surface area contributed by atoms with Crippen LogP contribution in [0.15, 0.2) is 24.3 Å². The van der Waals surface area contributed by atoms with E-state index in [4.69, 9.17) is 0 Å². The molecule has 0 nitrogen and oxygen atoms in total. The highest BCUT2D eigenvalue weighted by Crippen LogP contribution is 2.33. The molecule has 0 saturated heterocycles. The summed E-state index contributed by atoms with van der Waals surface area (Å²) in [5.41, 5.74) is 0.655. The van der Waals surface area contributed by atoms with Crippen molar-refractivity contribution in [3.8, 4) is 0 Å². The summed E-state index contributed by atoms with van der Waals surface area (Å²) in [7, 11) is 0. The van der Waals surface area contributed by atoms with E-state index in [1.165, 1.54) is 6.07 Å². The fourth-order valence-corrected chi connectivity index (χ4v) is 3.78. The second kappa shape index (κ2) is 5.26. The third kappa shape index (κ3) is 2.19. The van der Waals surface area contributed by atoms with Gasteiger partial charge in [0.25, 0.3) is 0 Å². The first-order chi connectivity index (χ1) is 6.70. The predicted molar refractivity (Wildman–Crippen MR) is 66.0 cm³/mol. The molecule has 0 spiro atoms. The van der Waals surface area contributed by atoms with Gasteiger partial charge in [0.05, 0.1) is 0 Å². The zero-order chi connectivity index (χ0) is 10.6. The molecule has 1 aromatic carbocycles. The zero-order valence-corrected chi connectivity index (χ0v) is 11.2. The van der Waals surface area contributed by atoms with Gasteiger partial charge in [-0.1, -0.05) is 57.0 Å². The van der Waals surface area contributed by atoms with Crippen molar-refractivity contribution >= 4 is 31.9 Å². The van der Waals surface area contributed by atoms with Crippen molar-refractivity contribution in [2.75, 3.05) is 10.7 Å². The smallest absolute Gasteiger partial charge is 0.127 e. The van der Waals surface area contributed by atoms with Crippen LogP contribution in [0.1, 0.15) is 18.9 Å². The summed E-state index contributed by atoms with van der Waals surface area (Å²) in [6, 6.07) is 6.99. The second-order valence-corrected chi connectivity index (χ2v) is 4.50. The summed E-state index contributed by atoms with van der Waals surface area (Å²) >= 11 is 6.94. The van der Waals surface area contributed by atoms with Gasteiger partial charge in [-0.3, -0.25) is 0 Å². The average Bonchev–Trinajstić information content (AvgIpc) is 2.24. The van der Waals surface area contributed by atoms with Gasteiger partial charge >= 0.3 is 0 Å². The normalized spacial score (nSPS) is 11.7. The van der Waals surface area contributed by atoms with Crippen LogP contribution in [0.3, 0.4) is 0 Å². The minimum Gasteiger partial charge on any atom is -0.207 e. The molecule has 3 heteroatoms. The third-order valence-corrected chi connectivity index (χ3v) is 4.78. The summed E-state index contributed by atoms with van der Waals surface area (Å²) in [6.45, 7) is 2.08. The van der Waals surface area contributed by atoms with Gasteiger partial charge in [-0.25, -0.2) is 4.39 Å². The minimum absolute atomic E-state index is 0.117. The Morgan fingerprint density at radius 2 is 1.79 bits per heavy atom. The van der Waals surface area contributed by atoms with Crippen molar-refractivity contribution in [1.82, 2.24) is 0 Å². The molecule has 0 atom stereocenters. The Balaban J connectivity index is 3.17. The van der Waals surface area contributed by atoms with Crippen molar-refractivity contribution in [3.05, 3.63) is 35.6 Å². The lowest BCUT2D eigenvalue weighted by Crippen LogP contribution is -2.30. The molecule has 0 fully saturated rings. The predicted octanol–water partition coefficient (Wildman–Crippen LogP) is 4.26. The van der Waals surface area contributed by atoms with E-state index in [0.29, 0.717) is 0 Å². The molecule has 0 aliphatic heterocycles. The van der Waals surface area contributed by atoms with E-state index < -0.39 is 0 Å². The maximum atomic E-state index is 13.6. The number of halogens is 3. The SMILES string of the molecule is CCC(CBr)(CBr)c1ccccc1F. The first-order valence-electron chi connectivity index (χ1n) is 4.57. The standard InChI is InChI=1S/C11H13Br2F/c1-2-11(7-12,8-13)9-5-3-4-6-10(9)14/h3-6H,2,7-8H2,1H3. The van der Waals surface area contributed by atoms with Gasteiger partial charge in [0, 0.05) is 16.1 Å². The van der Waals surface area contributed by atoms with Crippen LogP contribution < -0.4 is 0 Å². The molecule has 0 radical (unpaired) electrons. The molecule has 0 aromatic heterocycles. The van der Waals surface area contributed by atoms with Crippen LogP contribution in [0.2, 0.25) is 0 Å². The third-order valence-electron chi connectivity index (χ3n) is 2.63. The largest absolute Gasteiger partial charge is 0.207 e. The first kappa shape index (κ1) is 12.2. The Bertz CT molecular complexity index is 287. The highest BCUT2D eigenvalue weighted by Gasteiger charge is 2.30. The first-order valence-corrected chi connectivity index (χ1v) is 6.81. The summed E-state index contributed by atoms with van der Waals surface area (Å²) in [5.74, 6) is -0.117. The Hall–Kier alpha value is 0.110. The van der Waals surface area contributed by atoms with E-state index in [1.807, 2.05) is 12.1 Å². The maximum absolute atomic E-state index is 13.6. The topological polar surface area (TPSA) is 0 Å². The van der Waals surface area contributed by atoms with Gasteiger partial charge in [-0.2, -0.15) is 0 Å². The van der Waals surface area contributed by atoms with Gasteiger partial charge in [0.2, 0.25) is 0 Å². The lowest BCUT2D eigenvalue weighted by molar-refractivity contribution is 0.490. The van der Waals surface area contributed by atoms with Gasteiger partial charge in [0.1, 0.15) is 5.82 Å². The molecule has 14 heavy (non-hydrogen) atoms. The average molecular weight is 324 g/mol. The molecule has 78 valence electrons. The molecule has 0 bridgehead atoms. The van der Waals surface area contributed by atoms with E-state index in [0.717, 1.165) is 22.6 Å². The zero-order valence-electron chi connectivity index (χ0n) is 8.06. The van der Waals surface area contributed by atoms with E-state index >= 15 is 0 Å². The second-order valence-electron chi connectivity index (χ2n) is 3.38. The minimum atomic E-state index is -0.134. The van der Waals surface area contributed by atoms with Crippen molar-refractivity contribution in [3.63, 3.8) is 0 Å². The molecule has 0 unspecified atom stereocenters. The summed E-state index contributed by atoms with van der Waals surface area (Å²) in [6.07, 6.45) is 0.907. The molecule has 0 N–H and O–H groups in total. The Morgan fingerprint density at radius 3 is 2.21 bits per heavy atom. The maximum Gasteiger partial charge on any atom is 0.127 e. The molecule has 1 rings (SSSR count). The van der Waals surface area contributed by atoms with E-state index in [9.17, 15) is 4.39 Å². The van der Waals surface area contributed by atoms with Crippen molar-refractivity contribution < 1.29 is 4.39 Å². The summed E-state index contributed by atoms with van der Waals surface area (Å²) < 4.78 is 13.6. The van der Waals surface area contributed by atoms with Crippen molar-refractivity contribution in [1.29, 1.82) is 0 Å². The molecule has 0 amide bonds. The number of benzene rings is 1. The number of hydrogen-bond donors (Lipinski definition) is 0. The van der Waals surface area contributed by atoms with Gasteiger partial charge in [0.15, 0.2) is 0 Å². The van der Waals surface area contributed by atoms with Crippen LogP contribution in [-0.2, 0) is 5.41 Å². The fourth-order valence-electron chi connectivity index (χ4n) is 1.45. The lowest BCUT2D eigenvalue weighted by Gasteiger charge is -2.29. The quantitative estimate of drug-likeness (QED) is 0.726. The molecule has 1 aromatic rings. The number of rotatable bonds is 4. The Kier molecular flexibility index (Phi) is 4.58. The molecule has 0 aliphatic rings. The summed E-state index contributed by atoms with van der Waals surface area (Å²) in [4.78, 5) is 0. The number of hydrogen-bond acceptors (Lipinski definition) is 0. The van der Waals surface area contributed by atoms with Crippen molar-refractivity contribution in [2.45, 2.75) is 18.8 Å². The van der Waals surface area contributed by atoms with Crippen LogP contribution in [0.4, 0.5) is 4.39 Å².